The van der Waals surface area contributed by atoms with Gasteiger partial charge < -0.3 is 14.8 Å². The number of fused-ring (bicyclic) bond motifs is 3. The zero-order valence-corrected chi connectivity index (χ0v) is 21.3. The molecule has 1 aliphatic carbocycles. The van der Waals surface area contributed by atoms with Gasteiger partial charge in [-0.05, 0) is 78.9 Å². The number of benzene rings is 3. The van der Waals surface area contributed by atoms with Gasteiger partial charge in [0.1, 0.15) is 11.5 Å². The highest BCUT2D eigenvalue weighted by Crippen LogP contribution is 2.52. The van der Waals surface area contributed by atoms with Crippen LogP contribution in [0.15, 0.2) is 71.6 Å². The average Bonchev–Trinajstić information content (AvgIpc) is 3.35. The molecule has 0 radical (unpaired) electrons. The van der Waals surface area contributed by atoms with Crippen molar-refractivity contribution in [2.24, 2.45) is 5.92 Å². The number of hydrogen-bond acceptors (Lipinski definition) is 5. The number of hydrogen-bond donors (Lipinski definition) is 2. The van der Waals surface area contributed by atoms with E-state index in [0.717, 1.165) is 40.3 Å². The number of ether oxygens (including phenoxy) is 2. The molecule has 35 heavy (non-hydrogen) atoms. The molecule has 1 heterocycles. The van der Waals surface area contributed by atoms with Crippen molar-refractivity contribution in [2.45, 2.75) is 30.2 Å². The van der Waals surface area contributed by atoms with Crippen LogP contribution in [0.3, 0.4) is 0 Å². The van der Waals surface area contributed by atoms with Gasteiger partial charge in [-0.1, -0.05) is 29.8 Å². The maximum absolute atomic E-state index is 13.2. The van der Waals surface area contributed by atoms with Crippen LogP contribution in [0.5, 0.6) is 11.5 Å². The van der Waals surface area contributed by atoms with E-state index in [9.17, 15) is 8.42 Å². The second-order valence-corrected chi connectivity index (χ2v) is 11.0. The summed E-state index contributed by atoms with van der Waals surface area (Å²) in [4.78, 5) is 0.214. The number of aryl methyl sites for hydroxylation is 1. The van der Waals surface area contributed by atoms with Crippen LogP contribution >= 0.6 is 11.6 Å². The summed E-state index contributed by atoms with van der Waals surface area (Å²) in [5, 5.41) is 4.16. The molecule has 6 nitrogen and oxygen atoms in total. The van der Waals surface area contributed by atoms with Crippen molar-refractivity contribution in [1.29, 1.82) is 0 Å². The summed E-state index contributed by atoms with van der Waals surface area (Å²) in [7, 11) is -0.475. The first-order valence-electron chi connectivity index (χ1n) is 11.4. The smallest absolute Gasteiger partial charge is 0.261 e. The number of sulfonamides is 1. The van der Waals surface area contributed by atoms with E-state index in [1.54, 1.807) is 44.6 Å². The first kappa shape index (κ1) is 23.6. The van der Waals surface area contributed by atoms with Gasteiger partial charge in [0.25, 0.3) is 10.0 Å². The summed E-state index contributed by atoms with van der Waals surface area (Å²) in [5.41, 5.74) is 4.21. The van der Waals surface area contributed by atoms with Crippen molar-refractivity contribution in [3.05, 3.63) is 88.5 Å². The van der Waals surface area contributed by atoms with E-state index in [1.807, 2.05) is 31.2 Å². The molecular weight excluding hydrogens is 484 g/mol. The minimum atomic E-state index is -3.79. The minimum Gasteiger partial charge on any atom is -0.497 e. The third kappa shape index (κ3) is 4.34. The zero-order chi connectivity index (χ0) is 24.7. The Kier molecular flexibility index (Phi) is 6.15. The highest BCUT2D eigenvalue weighted by atomic mass is 35.5. The molecule has 0 saturated heterocycles. The molecule has 8 heteroatoms. The summed E-state index contributed by atoms with van der Waals surface area (Å²) in [6.07, 6.45) is 5.21. The van der Waals surface area contributed by atoms with Gasteiger partial charge in [-0.15, -0.1) is 0 Å². The van der Waals surface area contributed by atoms with Gasteiger partial charge in [0.2, 0.25) is 0 Å². The van der Waals surface area contributed by atoms with Gasteiger partial charge >= 0.3 is 0 Å². The lowest BCUT2D eigenvalue weighted by molar-refractivity contribution is 0.374. The molecule has 3 aromatic carbocycles. The normalized spacial score (nSPS) is 20.5. The summed E-state index contributed by atoms with van der Waals surface area (Å²) in [6.45, 7) is 1.87. The molecule has 5 rings (SSSR count). The molecule has 0 amide bonds. The van der Waals surface area contributed by atoms with E-state index >= 15 is 0 Å². The first-order valence-corrected chi connectivity index (χ1v) is 13.2. The lowest BCUT2D eigenvalue weighted by Crippen LogP contribution is -2.29. The first-order chi connectivity index (χ1) is 16.8. The van der Waals surface area contributed by atoms with Crippen molar-refractivity contribution < 1.29 is 17.9 Å². The topological polar surface area (TPSA) is 76.7 Å². The van der Waals surface area contributed by atoms with Crippen molar-refractivity contribution in [2.75, 3.05) is 24.3 Å². The summed E-state index contributed by atoms with van der Waals surface area (Å²) < 4.78 is 40.2. The lowest BCUT2D eigenvalue weighted by Gasteiger charge is -2.38. The quantitative estimate of drug-likeness (QED) is 0.381. The third-order valence-corrected chi connectivity index (χ3v) is 8.63. The Hall–Kier alpha value is -3.16. The molecule has 0 unspecified atom stereocenters. The van der Waals surface area contributed by atoms with Gasteiger partial charge in [-0.3, -0.25) is 4.72 Å². The number of allylic oxidation sites excluding steroid dienone is 2. The van der Waals surface area contributed by atoms with Crippen LogP contribution in [0.4, 0.5) is 11.4 Å². The van der Waals surface area contributed by atoms with E-state index in [-0.39, 0.29) is 22.8 Å². The Morgan fingerprint density at radius 3 is 2.57 bits per heavy atom. The molecule has 2 aliphatic rings. The Morgan fingerprint density at radius 2 is 1.83 bits per heavy atom. The molecule has 0 saturated carbocycles. The van der Waals surface area contributed by atoms with Crippen LogP contribution < -0.4 is 19.5 Å². The van der Waals surface area contributed by atoms with Gasteiger partial charge in [0.15, 0.2) is 0 Å². The van der Waals surface area contributed by atoms with Crippen LogP contribution in [-0.4, -0.2) is 22.6 Å². The number of halogens is 1. The number of rotatable bonds is 6. The van der Waals surface area contributed by atoms with Crippen molar-refractivity contribution in [3.8, 4) is 11.5 Å². The molecule has 0 fully saturated rings. The molecule has 0 spiro atoms. The predicted octanol–water partition coefficient (Wildman–Crippen LogP) is 6.29. The second kappa shape index (κ2) is 9.13. The van der Waals surface area contributed by atoms with Crippen molar-refractivity contribution in [3.63, 3.8) is 0 Å². The van der Waals surface area contributed by atoms with Crippen LogP contribution in [0.1, 0.15) is 35.1 Å². The summed E-state index contributed by atoms with van der Waals surface area (Å²) >= 11 is 6.18. The van der Waals surface area contributed by atoms with Gasteiger partial charge in [0, 0.05) is 22.2 Å². The number of nitrogens with one attached hydrogen (secondary N) is 2. The predicted molar refractivity (Wildman–Crippen MR) is 139 cm³/mol. The van der Waals surface area contributed by atoms with E-state index in [1.165, 1.54) is 0 Å². The van der Waals surface area contributed by atoms with E-state index in [2.05, 4.69) is 22.2 Å². The second-order valence-electron chi connectivity index (χ2n) is 8.90. The summed E-state index contributed by atoms with van der Waals surface area (Å²) in [6, 6.07) is 16.2. The van der Waals surface area contributed by atoms with Crippen molar-refractivity contribution >= 4 is 33.0 Å². The van der Waals surface area contributed by atoms with Gasteiger partial charge in [-0.25, -0.2) is 8.42 Å². The highest BCUT2D eigenvalue weighted by Gasteiger charge is 2.39. The van der Waals surface area contributed by atoms with Crippen LogP contribution in [0.2, 0.25) is 5.02 Å². The highest BCUT2D eigenvalue weighted by molar-refractivity contribution is 7.92. The standard InChI is InChI=1S/C27H27ClN2O4S/c1-16-7-8-17(13-24(16)28)30-35(31,32)19-10-11-25-22(15-19)20-5-4-6-21(20)27(29-25)23-14-18(33-2)9-12-26(23)34-3/h4-5,7-15,20-21,27,29-30H,6H2,1-3H3/t20-,21+,27-/m0/s1. The van der Waals surface area contributed by atoms with Crippen LogP contribution in [0.25, 0.3) is 0 Å². The fraction of sp³-hybridized carbons (Fsp3) is 0.259. The van der Waals surface area contributed by atoms with Crippen LogP contribution in [0, 0.1) is 12.8 Å². The molecule has 2 N–H and O–H groups in total. The van der Waals surface area contributed by atoms with E-state index in [0.29, 0.717) is 10.7 Å². The van der Waals surface area contributed by atoms with Crippen LogP contribution in [-0.2, 0) is 10.0 Å². The Balaban J connectivity index is 1.50. The van der Waals surface area contributed by atoms with E-state index < -0.39 is 10.0 Å². The minimum absolute atomic E-state index is 0.0113. The SMILES string of the molecule is COc1ccc(OC)c([C@H]2Nc3ccc(S(=O)(=O)Nc4ccc(C)c(Cl)c4)cc3[C@H]3C=CC[C@H]32)c1. The molecule has 1 aliphatic heterocycles. The van der Waals surface area contributed by atoms with Gasteiger partial charge in [-0.2, -0.15) is 0 Å². The maximum atomic E-state index is 13.2. The Bertz CT molecular complexity index is 1420. The third-order valence-electron chi connectivity index (χ3n) is 6.84. The zero-order valence-electron chi connectivity index (χ0n) is 19.7. The molecule has 182 valence electrons. The molecular formula is C27H27ClN2O4S. The fourth-order valence-corrected chi connectivity index (χ4v) is 6.27. The maximum Gasteiger partial charge on any atom is 0.261 e. The average molecular weight is 511 g/mol. The Labute approximate surface area is 211 Å². The lowest BCUT2D eigenvalue weighted by atomic mass is 9.77. The number of anilines is 2. The van der Waals surface area contributed by atoms with Crippen molar-refractivity contribution in [1.82, 2.24) is 0 Å². The summed E-state index contributed by atoms with van der Waals surface area (Å²) in [5.74, 6) is 1.85. The van der Waals surface area contributed by atoms with E-state index in [4.69, 9.17) is 21.1 Å². The molecule has 3 aromatic rings. The largest absolute Gasteiger partial charge is 0.497 e. The molecule has 3 atom stereocenters. The fourth-order valence-electron chi connectivity index (χ4n) is 5.00. The Morgan fingerprint density at radius 1 is 1.00 bits per heavy atom. The number of methoxy groups -OCH3 is 2. The van der Waals surface area contributed by atoms with Gasteiger partial charge in [0.05, 0.1) is 30.8 Å². The molecule has 0 aromatic heterocycles. The molecule has 0 bridgehead atoms. The monoisotopic (exact) mass is 510 g/mol.